The van der Waals surface area contributed by atoms with Gasteiger partial charge in [0.1, 0.15) is 11.5 Å². The predicted molar refractivity (Wildman–Crippen MR) is 128 cm³/mol. The summed E-state index contributed by atoms with van der Waals surface area (Å²) in [5, 5.41) is 2.80. The van der Waals surface area contributed by atoms with E-state index in [0.717, 1.165) is 19.3 Å². The quantitative estimate of drug-likeness (QED) is 0.558. The van der Waals surface area contributed by atoms with Crippen LogP contribution in [0.25, 0.3) is 0 Å². The maximum absolute atomic E-state index is 12.6. The number of rotatable bonds is 9. The van der Waals surface area contributed by atoms with Gasteiger partial charge in [-0.15, -0.1) is 0 Å². The number of esters is 1. The third-order valence-electron chi connectivity index (χ3n) is 5.71. The zero-order valence-electron chi connectivity index (χ0n) is 19.9. The van der Waals surface area contributed by atoms with E-state index in [9.17, 15) is 14.4 Å². The summed E-state index contributed by atoms with van der Waals surface area (Å²) in [5.41, 5.74) is 0.969. The summed E-state index contributed by atoms with van der Waals surface area (Å²) < 4.78 is 15.9. The number of likely N-dealkylation sites (tertiary alicyclic amines) is 1. The molecule has 8 heteroatoms. The summed E-state index contributed by atoms with van der Waals surface area (Å²) in [6, 6.07) is 13.8. The monoisotopic (exact) mass is 468 g/mol. The Morgan fingerprint density at radius 2 is 1.62 bits per heavy atom. The van der Waals surface area contributed by atoms with Crippen LogP contribution in [0.3, 0.4) is 0 Å². The molecular weight excluding hydrogens is 436 g/mol. The molecule has 0 spiro atoms. The van der Waals surface area contributed by atoms with E-state index in [4.69, 9.17) is 14.2 Å². The average molecular weight is 469 g/mol. The number of hydrogen-bond acceptors (Lipinski definition) is 6. The van der Waals surface area contributed by atoms with Gasteiger partial charge in [0.25, 0.3) is 11.8 Å². The van der Waals surface area contributed by atoms with E-state index < -0.39 is 5.97 Å². The van der Waals surface area contributed by atoms with Crippen LogP contribution in [0.5, 0.6) is 11.5 Å². The van der Waals surface area contributed by atoms with Crippen molar-refractivity contribution in [3.63, 3.8) is 0 Å². The SMILES string of the molecule is CCOC(=O)COc1cccc(NC(=O)c2ccc(OCC(=O)N3C(C)CCCC3C)cc2)c1. The van der Waals surface area contributed by atoms with E-state index in [1.54, 1.807) is 55.5 Å². The van der Waals surface area contributed by atoms with Crippen molar-refractivity contribution in [2.24, 2.45) is 0 Å². The van der Waals surface area contributed by atoms with Gasteiger partial charge in [0.15, 0.2) is 13.2 Å². The molecule has 1 aliphatic heterocycles. The minimum absolute atomic E-state index is 0.0217. The number of piperidine rings is 1. The average Bonchev–Trinajstić information content (AvgIpc) is 2.82. The number of anilines is 1. The van der Waals surface area contributed by atoms with Crippen LogP contribution in [0.2, 0.25) is 0 Å². The Bertz CT molecular complexity index is 981. The molecule has 2 unspecified atom stereocenters. The summed E-state index contributed by atoms with van der Waals surface area (Å²) in [5.74, 6) is 0.182. The van der Waals surface area contributed by atoms with E-state index in [2.05, 4.69) is 19.2 Å². The molecule has 1 aliphatic rings. The first-order valence-electron chi connectivity index (χ1n) is 11.6. The van der Waals surface area contributed by atoms with Gasteiger partial charge >= 0.3 is 5.97 Å². The molecule has 1 N–H and O–H groups in total. The van der Waals surface area contributed by atoms with Crippen LogP contribution in [-0.2, 0) is 14.3 Å². The van der Waals surface area contributed by atoms with Gasteiger partial charge in [-0.3, -0.25) is 9.59 Å². The largest absolute Gasteiger partial charge is 0.484 e. The third kappa shape index (κ3) is 6.97. The van der Waals surface area contributed by atoms with Crippen LogP contribution in [0, 0.1) is 0 Å². The van der Waals surface area contributed by atoms with E-state index >= 15 is 0 Å². The Morgan fingerprint density at radius 3 is 2.29 bits per heavy atom. The Kier molecular flexibility index (Phi) is 8.90. The molecule has 0 bridgehead atoms. The second-order valence-corrected chi connectivity index (χ2v) is 8.32. The summed E-state index contributed by atoms with van der Waals surface area (Å²) in [4.78, 5) is 38.6. The van der Waals surface area contributed by atoms with Crippen LogP contribution in [-0.4, -0.2) is 54.6 Å². The second-order valence-electron chi connectivity index (χ2n) is 8.32. The number of nitrogens with one attached hydrogen (secondary N) is 1. The fourth-order valence-electron chi connectivity index (χ4n) is 4.05. The van der Waals surface area contributed by atoms with Gasteiger partial charge in [0, 0.05) is 29.4 Å². The smallest absolute Gasteiger partial charge is 0.344 e. The lowest BCUT2D eigenvalue weighted by Crippen LogP contribution is -2.49. The van der Waals surface area contributed by atoms with Crippen molar-refractivity contribution in [1.29, 1.82) is 0 Å². The highest BCUT2D eigenvalue weighted by atomic mass is 16.6. The van der Waals surface area contributed by atoms with Crippen molar-refractivity contribution in [2.45, 2.75) is 52.1 Å². The van der Waals surface area contributed by atoms with Crippen molar-refractivity contribution in [2.75, 3.05) is 25.1 Å². The molecular formula is C26H32N2O6. The summed E-state index contributed by atoms with van der Waals surface area (Å²) in [7, 11) is 0. The number of benzene rings is 2. The van der Waals surface area contributed by atoms with Crippen molar-refractivity contribution in [3.05, 3.63) is 54.1 Å². The summed E-state index contributed by atoms with van der Waals surface area (Å²) >= 11 is 0. The molecule has 1 heterocycles. The van der Waals surface area contributed by atoms with Gasteiger partial charge in [-0.1, -0.05) is 6.07 Å². The first-order valence-corrected chi connectivity index (χ1v) is 11.6. The van der Waals surface area contributed by atoms with Gasteiger partial charge in [0.05, 0.1) is 6.61 Å². The van der Waals surface area contributed by atoms with E-state index in [0.29, 0.717) is 22.7 Å². The lowest BCUT2D eigenvalue weighted by Gasteiger charge is -2.38. The highest BCUT2D eigenvalue weighted by molar-refractivity contribution is 6.04. The van der Waals surface area contributed by atoms with Crippen molar-refractivity contribution in [3.8, 4) is 11.5 Å². The predicted octanol–water partition coefficient (Wildman–Crippen LogP) is 4.05. The number of amides is 2. The summed E-state index contributed by atoms with van der Waals surface area (Å²) in [6.45, 7) is 5.92. The molecule has 0 aliphatic carbocycles. The van der Waals surface area contributed by atoms with Gasteiger partial charge in [-0.25, -0.2) is 4.79 Å². The molecule has 3 rings (SSSR count). The molecule has 1 saturated heterocycles. The molecule has 34 heavy (non-hydrogen) atoms. The minimum Gasteiger partial charge on any atom is -0.484 e. The number of ether oxygens (including phenoxy) is 3. The van der Waals surface area contributed by atoms with Crippen molar-refractivity contribution in [1.82, 2.24) is 4.90 Å². The first kappa shape index (κ1) is 25.1. The zero-order chi connectivity index (χ0) is 24.5. The summed E-state index contributed by atoms with van der Waals surface area (Å²) in [6.07, 6.45) is 3.17. The lowest BCUT2D eigenvalue weighted by molar-refractivity contribution is -0.145. The first-order chi connectivity index (χ1) is 16.4. The number of nitrogens with zero attached hydrogens (tertiary/aromatic N) is 1. The molecule has 182 valence electrons. The highest BCUT2D eigenvalue weighted by Crippen LogP contribution is 2.23. The van der Waals surface area contributed by atoms with Gasteiger partial charge in [0.2, 0.25) is 0 Å². The molecule has 2 aromatic carbocycles. The van der Waals surface area contributed by atoms with E-state index in [1.165, 1.54) is 0 Å². The third-order valence-corrected chi connectivity index (χ3v) is 5.71. The zero-order valence-corrected chi connectivity index (χ0v) is 19.9. The Labute approximate surface area is 200 Å². The second kappa shape index (κ2) is 12.1. The maximum Gasteiger partial charge on any atom is 0.344 e. The van der Waals surface area contributed by atoms with Crippen LogP contribution in [0.1, 0.15) is 50.4 Å². The molecule has 8 nitrogen and oxygen atoms in total. The standard InChI is InChI=1S/C26H32N2O6/c1-4-32-25(30)17-34-23-10-6-9-21(15-23)27-26(31)20-11-13-22(14-12-20)33-16-24(29)28-18(2)7-5-8-19(28)3/h6,9-15,18-19H,4-5,7-8,16-17H2,1-3H3,(H,27,31). The van der Waals surface area contributed by atoms with Crippen LogP contribution >= 0.6 is 0 Å². The Hall–Kier alpha value is -3.55. The topological polar surface area (TPSA) is 94.2 Å². The van der Waals surface area contributed by atoms with E-state index in [-0.39, 0.29) is 43.7 Å². The molecule has 2 amide bonds. The lowest BCUT2D eigenvalue weighted by atomic mass is 9.97. The van der Waals surface area contributed by atoms with Gasteiger partial charge < -0.3 is 24.4 Å². The molecule has 2 aromatic rings. The molecule has 0 saturated carbocycles. The molecule has 0 aromatic heterocycles. The van der Waals surface area contributed by atoms with Crippen LogP contribution in [0.15, 0.2) is 48.5 Å². The Balaban J connectivity index is 1.51. The van der Waals surface area contributed by atoms with Crippen molar-refractivity contribution >= 4 is 23.5 Å². The molecule has 0 radical (unpaired) electrons. The van der Waals surface area contributed by atoms with Gasteiger partial charge in [-0.05, 0) is 76.4 Å². The normalized spacial score (nSPS) is 17.6. The van der Waals surface area contributed by atoms with Crippen molar-refractivity contribution < 1.29 is 28.6 Å². The fraction of sp³-hybridized carbons (Fsp3) is 0.423. The molecule has 2 atom stereocenters. The minimum atomic E-state index is -0.458. The van der Waals surface area contributed by atoms with E-state index in [1.807, 2.05) is 4.90 Å². The van der Waals surface area contributed by atoms with Crippen LogP contribution in [0.4, 0.5) is 5.69 Å². The van der Waals surface area contributed by atoms with Gasteiger partial charge in [-0.2, -0.15) is 0 Å². The number of carbonyl (C=O) groups is 3. The maximum atomic E-state index is 12.6. The highest BCUT2D eigenvalue weighted by Gasteiger charge is 2.29. The molecule has 1 fully saturated rings. The number of hydrogen-bond donors (Lipinski definition) is 1. The fourth-order valence-corrected chi connectivity index (χ4v) is 4.05. The van der Waals surface area contributed by atoms with Crippen LogP contribution < -0.4 is 14.8 Å². The number of carbonyl (C=O) groups excluding carboxylic acids is 3. The Morgan fingerprint density at radius 1 is 0.941 bits per heavy atom.